The second-order valence-corrected chi connectivity index (χ2v) is 6.17. The van der Waals surface area contributed by atoms with Gasteiger partial charge < -0.3 is 10.1 Å². The maximum absolute atomic E-state index is 14.0. The van der Waals surface area contributed by atoms with Gasteiger partial charge in [0.05, 0.1) is 11.8 Å². The van der Waals surface area contributed by atoms with Crippen LogP contribution in [0, 0.1) is 5.82 Å². The Morgan fingerprint density at radius 3 is 2.56 bits per heavy atom. The number of nitrogens with zero attached hydrogens (tertiary/aromatic N) is 1. The number of thiocarbonyl (C=S) groups is 1. The molecule has 0 aliphatic carbocycles. The standard InChI is InChI=1S/C19H17FN2O2S/c1-12(2)24-17-10-6-3-7-13(17)11-15-18(23)22(19(25)21-15)16-9-5-4-8-14(16)20/h3-12H,1-2H3,(H,21,25)/b15-11-. The zero-order valence-electron chi connectivity index (χ0n) is 13.8. The van der Waals surface area contributed by atoms with E-state index in [0.717, 1.165) is 10.5 Å². The van der Waals surface area contributed by atoms with Gasteiger partial charge in [-0.1, -0.05) is 30.3 Å². The average molecular weight is 356 g/mol. The number of halogens is 1. The van der Waals surface area contributed by atoms with Crippen molar-refractivity contribution in [1.29, 1.82) is 0 Å². The van der Waals surface area contributed by atoms with Crippen molar-refractivity contribution in [3.63, 3.8) is 0 Å². The molecule has 2 aromatic rings. The molecule has 25 heavy (non-hydrogen) atoms. The maximum atomic E-state index is 14.0. The van der Waals surface area contributed by atoms with Crippen LogP contribution < -0.4 is 15.0 Å². The molecule has 1 amide bonds. The highest BCUT2D eigenvalue weighted by atomic mass is 32.1. The minimum absolute atomic E-state index is 0.00257. The first-order chi connectivity index (χ1) is 12.0. The third-order valence-electron chi connectivity index (χ3n) is 3.55. The van der Waals surface area contributed by atoms with Gasteiger partial charge in [0.2, 0.25) is 0 Å². The normalized spacial score (nSPS) is 15.8. The molecule has 2 aromatic carbocycles. The molecule has 6 heteroatoms. The van der Waals surface area contributed by atoms with Crippen LogP contribution in [0.4, 0.5) is 10.1 Å². The molecule has 1 fully saturated rings. The van der Waals surface area contributed by atoms with Crippen LogP contribution in [0.25, 0.3) is 6.08 Å². The van der Waals surface area contributed by atoms with Gasteiger partial charge in [-0.3, -0.25) is 4.79 Å². The number of hydrogen-bond donors (Lipinski definition) is 1. The Labute approximate surface area is 150 Å². The highest BCUT2D eigenvalue weighted by Gasteiger charge is 2.33. The number of carbonyl (C=O) groups is 1. The molecule has 4 nitrogen and oxygen atoms in total. The molecule has 3 rings (SSSR count). The number of carbonyl (C=O) groups excluding carboxylic acids is 1. The lowest BCUT2D eigenvalue weighted by atomic mass is 10.1. The van der Waals surface area contributed by atoms with Crippen molar-refractivity contribution < 1.29 is 13.9 Å². The van der Waals surface area contributed by atoms with E-state index in [0.29, 0.717) is 5.75 Å². The Balaban J connectivity index is 1.96. The molecule has 1 aliphatic rings. The monoisotopic (exact) mass is 356 g/mol. The summed E-state index contributed by atoms with van der Waals surface area (Å²) >= 11 is 5.21. The van der Waals surface area contributed by atoms with Crippen molar-refractivity contribution in [1.82, 2.24) is 5.32 Å². The zero-order valence-corrected chi connectivity index (χ0v) is 14.6. The lowest BCUT2D eigenvalue weighted by molar-refractivity contribution is -0.113. The summed E-state index contributed by atoms with van der Waals surface area (Å²) in [6, 6.07) is 13.4. The SMILES string of the molecule is CC(C)Oc1ccccc1/C=C1\NC(=S)N(c2ccccc2F)C1=O. The maximum Gasteiger partial charge on any atom is 0.281 e. The molecule has 0 aromatic heterocycles. The van der Waals surface area contributed by atoms with Crippen LogP contribution in [0.2, 0.25) is 0 Å². The van der Waals surface area contributed by atoms with Gasteiger partial charge in [-0.2, -0.15) is 0 Å². The third-order valence-corrected chi connectivity index (χ3v) is 3.84. The van der Waals surface area contributed by atoms with Gasteiger partial charge in [-0.15, -0.1) is 0 Å². The molecule has 0 unspecified atom stereocenters. The van der Waals surface area contributed by atoms with Gasteiger partial charge in [0.1, 0.15) is 17.3 Å². The Hall–Kier alpha value is -2.73. The van der Waals surface area contributed by atoms with Crippen LogP contribution in [-0.4, -0.2) is 17.1 Å². The van der Waals surface area contributed by atoms with Gasteiger partial charge in [-0.25, -0.2) is 9.29 Å². The van der Waals surface area contributed by atoms with E-state index in [1.54, 1.807) is 18.2 Å². The molecule has 0 atom stereocenters. The number of amides is 1. The molecule has 0 saturated carbocycles. The van der Waals surface area contributed by atoms with Crippen LogP contribution in [0.1, 0.15) is 19.4 Å². The summed E-state index contributed by atoms with van der Waals surface area (Å²) in [6.45, 7) is 3.86. The van der Waals surface area contributed by atoms with E-state index < -0.39 is 11.7 Å². The molecule has 0 spiro atoms. The average Bonchev–Trinajstić information content (AvgIpc) is 2.84. The lowest BCUT2D eigenvalue weighted by Crippen LogP contribution is -2.31. The molecule has 1 saturated heterocycles. The van der Waals surface area contributed by atoms with Crippen molar-refractivity contribution >= 4 is 35.0 Å². The van der Waals surface area contributed by atoms with Crippen molar-refractivity contribution in [2.24, 2.45) is 0 Å². The highest BCUT2D eigenvalue weighted by molar-refractivity contribution is 7.80. The Kier molecular flexibility index (Phi) is 4.81. The Bertz CT molecular complexity index is 864. The van der Waals surface area contributed by atoms with Crippen molar-refractivity contribution in [2.75, 3.05) is 4.90 Å². The van der Waals surface area contributed by atoms with E-state index in [2.05, 4.69) is 5.32 Å². The van der Waals surface area contributed by atoms with E-state index >= 15 is 0 Å². The number of benzene rings is 2. The second kappa shape index (κ2) is 7.03. The van der Waals surface area contributed by atoms with Crippen LogP contribution >= 0.6 is 12.2 Å². The van der Waals surface area contributed by atoms with E-state index in [1.165, 1.54) is 12.1 Å². The molecule has 1 aliphatic heterocycles. The molecule has 1 heterocycles. The molecule has 0 radical (unpaired) electrons. The third kappa shape index (κ3) is 3.53. The topological polar surface area (TPSA) is 41.6 Å². The van der Waals surface area contributed by atoms with Crippen LogP contribution in [0.3, 0.4) is 0 Å². The minimum atomic E-state index is -0.509. The number of nitrogens with one attached hydrogen (secondary N) is 1. The van der Waals surface area contributed by atoms with Crippen molar-refractivity contribution in [3.05, 3.63) is 65.6 Å². The number of anilines is 1. The zero-order chi connectivity index (χ0) is 18.0. The summed E-state index contributed by atoms with van der Waals surface area (Å²) in [7, 11) is 0. The lowest BCUT2D eigenvalue weighted by Gasteiger charge is -2.14. The summed E-state index contributed by atoms with van der Waals surface area (Å²) in [5.74, 6) is -0.255. The summed E-state index contributed by atoms with van der Waals surface area (Å²) in [5.41, 5.74) is 1.14. The van der Waals surface area contributed by atoms with E-state index in [1.807, 2.05) is 38.1 Å². The van der Waals surface area contributed by atoms with E-state index in [9.17, 15) is 9.18 Å². The Morgan fingerprint density at radius 2 is 1.84 bits per heavy atom. The molecular weight excluding hydrogens is 339 g/mol. The molecule has 1 N–H and O–H groups in total. The first-order valence-corrected chi connectivity index (χ1v) is 8.25. The fourth-order valence-corrected chi connectivity index (χ4v) is 2.79. The van der Waals surface area contributed by atoms with Gasteiger partial charge in [0.25, 0.3) is 5.91 Å². The number of para-hydroxylation sites is 2. The van der Waals surface area contributed by atoms with Crippen molar-refractivity contribution in [3.8, 4) is 5.75 Å². The largest absolute Gasteiger partial charge is 0.490 e. The second-order valence-electron chi connectivity index (χ2n) is 5.78. The van der Waals surface area contributed by atoms with Gasteiger partial charge in [-0.05, 0) is 50.3 Å². The fourth-order valence-electron chi connectivity index (χ4n) is 2.50. The van der Waals surface area contributed by atoms with E-state index in [-0.39, 0.29) is 22.6 Å². The first-order valence-electron chi connectivity index (χ1n) is 7.84. The van der Waals surface area contributed by atoms with Crippen LogP contribution in [-0.2, 0) is 4.79 Å². The van der Waals surface area contributed by atoms with Gasteiger partial charge in [0, 0.05) is 5.56 Å². The predicted molar refractivity (Wildman–Crippen MR) is 99.8 cm³/mol. The number of ether oxygens (including phenoxy) is 1. The number of rotatable bonds is 4. The highest BCUT2D eigenvalue weighted by Crippen LogP contribution is 2.27. The van der Waals surface area contributed by atoms with Crippen LogP contribution in [0.5, 0.6) is 5.75 Å². The van der Waals surface area contributed by atoms with Crippen molar-refractivity contribution in [2.45, 2.75) is 20.0 Å². The summed E-state index contributed by atoms with van der Waals surface area (Å²) in [6.07, 6.45) is 1.66. The summed E-state index contributed by atoms with van der Waals surface area (Å²) < 4.78 is 19.8. The Morgan fingerprint density at radius 1 is 1.16 bits per heavy atom. The fraction of sp³-hybridized carbons (Fsp3) is 0.158. The first kappa shape index (κ1) is 17.1. The quantitative estimate of drug-likeness (QED) is 0.667. The number of hydrogen-bond acceptors (Lipinski definition) is 3. The molecule has 0 bridgehead atoms. The summed E-state index contributed by atoms with van der Waals surface area (Å²) in [5, 5.41) is 3.00. The predicted octanol–water partition coefficient (Wildman–Crippen LogP) is 3.88. The summed E-state index contributed by atoms with van der Waals surface area (Å²) in [4.78, 5) is 13.9. The van der Waals surface area contributed by atoms with Crippen LogP contribution in [0.15, 0.2) is 54.2 Å². The van der Waals surface area contributed by atoms with Gasteiger partial charge in [0.15, 0.2) is 5.11 Å². The molecule has 128 valence electrons. The molecular formula is C19H17FN2O2S. The minimum Gasteiger partial charge on any atom is -0.490 e. The smallest absolute Gasteiger partial charge is 0.281 e. The van der Waals surface area contributed by atoms with E-state index in [4.69, 9.17) is 17.0 Å². The van der Waals surface area contributed by atoms with Gasteiger partial charge >= 0.3 is 0 Å².